The van der Waals surface area contributed by atoms with Crippen molar-refractivity contribution in [2.45, 2.75) is 18.2 Å². The van der Waals surface area contributed by atoms with Crippen LogP contribution in [0.15, 0.2) is 23.1 Å². The molecule has 94 valence electrons. The Bertz CT molecular complexity index is 523. The second kappa shape index (κ2) is 5.37. The van der Waals surface area contributed by atoms with Crippen molar-refractivity contribution in [2.24, 2.45) is 0 Å². The molecular formula is C10H11ClO5S. The summed E-state index contributed by atoms with van der Waals surface area (Å²) >= 11 is 0. The molecule has 0 spiro atoms. The van der Waals surface area contributed by atoms with Gasteiger partial charge in [0.05, 0.1) is 11.5 Å². The van der Waals surface area contributed by atoms with E-state index in [0.717, 1.165) is 6.07 Å². The van der Waals surface area contributed by atoms with Crippen molar-refractivity contribution >= 4 is 25.7 Å². The van der Waals surface area contributed by atoms with Crippen LogP contribution in [0.5, 0.6) is 5.75 Å². The van der Waals surface area contributed by atoms with Gasteiger partial charge in [-0.3, -0.25) is 0 Å². The molecule has 0 saturated carbocycles. The molecule has 0 aliphatic rings. The van der Waals surface area contributed by atoms with Gasteiger partial charge in [0.25, 0.3) is 9.05 Å². The lowest BCUT2D eigenvalue weighted by Gasteiger charge is -2.08. The number of aromatic carboxylic acids is 1. The topological polar surface area (TPSA) is 80.7 Å². The van der Waals surface area contributed by atoms with Gasteiger partial charge in [-0.1, -0.05) is 6.92 Å². The highest BCUT2D eigenvalue weighted by Crippen LogP contribution is 2.24. The lowest BCUT2D eigenvalue weighted by atomic mass is 10.2. The summed E-state index contributed by atoms with van der Waals surface area (Å²) in [5.41, 5.74) is -0.222. The highest BCUT2D eigenvalue weighted by atomic mass is 35.7. The van der Waals surface area contributed by atoms with Gasteiger partial charge in [0.1, 0.15) is 11.3 Å². The molecule has 0 heterocycles. The molecule has 0 fully saturated rings. The standard InChI is InChI=1S/C10H11ClO5S/c1-2-5-16-9-4-3-7(17(11,14)15)6-8(9)10(12)13/h3-4,6H,2,5H2,1H3,(H,12,13). The number of benzene rings is 1. The summed E-state index contributed by atoms with van der Waals surface area (Å²) < 4.78 is 27.3. The zero-order chi connectivity index (χ0) is 13.1. The summed E-state index contributed by atoms with van der Waals surface area (Å²) in [6.07, 6.45) is 0.717. The maximum atomic E-state index is 11.1. The molecular weight excluding hydrogens is 268 g/mol. The minimum absolute atomic E-state index is 0.128. The van der Waals surface area contributed by atoms with Gasteiger partial charge in [-0.25, -0.2) is 13.2 Å². The number of carboxylic acids is 1. The normalized spacial score (nSPS) is 11.2. The molecule has 0 radical (unpaired) electrons. The molecule has 0 amide bonds. The molecule has 17 heavy (non-hydrogen) atoms. The highest BCUT2D eigenvalue weighted by Gasteiger charge is 2.17. The van der Waals surface area contributed by atoms with Crippen LogP contribution in [-0.2, 0) is 9.05 Å². The molecule has 0 saturated heterocycles. The molecule has 0 bridgehead atoms. The summed E-state index contributed by atoms with van der Waals surface area (Å²) in [5.74, 6) is -1.14. The monoisotopic (exact) mass is 278 g/mol. The predicted octanol–water partition coefficient (Wildman–Crippen LogP) is 2.10. The fourth-order valence-electron chi connectivity index (χ4n) is 1.17. The number of carboxylic acid groups (broad SMARTS) is 1. The van der Waals surface area contributed by atoms with Crippen LogP contribution in [-0.4, -0.2) is 26.1 Å². The van der Waals surface area contributed by atoms with Crippen molar-refractivity contribution < 1.29 is 23.1 Å². The molecule has 0 unspecified atom stereocenters. The average molecular weight is 279 g/mol. The average Bonchev–Trinajstić information content (AvgIpc) is 2.24. The van der Waals surface area contributed by atoms with Crippen molar-refractivity contribution in [3.8, 4) is 5.75 Å². The first-order chi connectivity index (χ1) is 7.86. The second-order valence-corrected chi connectivity index (χ2v) is 5.82. The van der Waals surface area contributed by atoms with Gasteiger partial charge in [0.15, 0.2) is 0 Å². The molecule has 0 aliphatic carbocycles. The Morgan fingerprint density at radius 1 is 1.47 bits per heavy atom. The number of hydrogen-bond donors (Lipinski definition) is 1. The molecule has 5 nitrogen and oxygen atoms in total. The molecule has 7 heteroatoms. The lowest BCUT2D eigenvalue weighted by Crippen LogP contribution is -2.05. The maximum Gasteiger partial charge on any atom is 0.339 e. The van der Waals surface area contributed by atoms with Crippen molar-refractivity contribution in [3.63, 3.8) is 0 Å². The van der Waals surface area contributed by atoms with Crippen LogP contribution < -0.4 is 4.74 Å². The second-order valence-electron chi connectivity index (χ2n) is 3.25. The molecule has 0 aromatic heterocycles. The van der Waals surface area contributed by atoms with Crippen molar-refractivity contribution in [1.82, 2.24) is 0 Å². The number of halogens is 1. The van der Waals surface area contributed by atoms with Crippen molar-refractivity contribution in [3.05, 3.63) is 23.8 Å². The largest absolute Gasteiger partial charge is 0.493 e. The third-order valence-corrected chi connectivity index (χ3v) is 3.28. The third kappa shape index (κ3) is 3.61. The summed E-state index contributed by atoms with van der Waals surface area (Å²) in [7, 11) is 1.19. The van der Waals surface area contributed by atoms with Gasteiger partial charge in [0.2, 0.25) is 0 Å². The Morgan fingerprint density at radius 2 is 2.12 bits per heavy atom. The summed E-state index contributed by atoms with van der Waals surface area (Å²) in [6.45, 7) is 2.23. The van der Waals surface area contributed by atoms with Crippen LogP contribution in [0.3, 0.4) is 0 Å². The quantitative estimate of drug-likeness (QED) is 0.834. The van der Waals surface area contributed by atoms with Crippen molar-refractivity contribution in [1.29, 1.82) is 0 Å². The Morgan fingerprint density at radius 3 is 2.59 bits per heavy atom. The van der Waals surface area contributed by atoms with E-state index < -0.39 is 15.0 Å². The first-order valence-corrected chi connectivity index (χ1v) is 7.12. The Hall–Kier alpha value is -1.27. The molecule has 0 aliphatic heterocycles. The highest BCUT2D eigenvalue weighted by molar-refractivity contribution is 8.13. The van der Waals surface area contributed by atoms with Crippen LogP contribution in [0.1, 0.15) is 23.7 Å². The molecule has 1 rings (SSSR count). The summed E-state index contributed by atoms with van der Waals surface area (Å²) in [6, 6.07) is 3.48. The first-order valence-electron chi connectivity index (χ1n) is 4.81. The Kier molecular flexibility index (Phi) is 4.36. The van der Waals surface area contributed by atoms with E-state index in [0.29, 0.717) is 13.0 Å². The lowest BCUT2D eigenvalue weighted by molar-refractivity contribution is 0.0692. The molecule has 1 N–H and O–H groups in total. The SMILES string of the molecule is CCCOc1ccc(S(=O)(=O)Cl)cc1C(=O)O. The Balaban J connectivity index is 3.22. The van der Waals surface area contributed by atoms with E-state index in [9.17, 15) is 13.2 Å². The van der Waals surface area contributed by atoms with Crippen LogP contribution >= 0.6 is 10.7 Å². The van der Waals surface area contributed by atoms with Gasteiger partial charge in [-0.2, -0.15) is 0 Å². The van der Waals surface area contributed by atoms with E-state index in [-0.39, 0.29) is 16.2 Å². The minimum atomic E-state index is -3.94. The number of ether oxygens (including phenoxy) is 1. The van der Waals surface area contributed by atoms with Gasteiger partial charge >= 0.3 is 5.97 Å². The molecule has 0 atom stereocenters. The summed E-state index contributed by atoms with van der Waals surface area (Å²) in [4.78, 5) is 10.7. The van der Waals surface area contributed by atoms with E-state index in [1.54, 1.807) is 0 Å². The first kappa shape index (κ1) is 13.8. The fraction of sp³-hybridized carbons (Fsp3) is 0.300. The maximum absolute atomic E-state index is 11.1. The van der Waals surface area contributed by atoms with Crippen LogP contribution in [0.4, 0.5) is 0 Å². The zero-order valence-electron chi connectivity index (χ0n) is 9.01. The van der Waals surface area contributed by atoms with Crippen LogP contribution in [0.2, 0.25) is 0 Å². The van der Waals surface area contributed by atoms with Gasteiger partial charge in [-0.15, -0.1) is 0 Å². The minimum Gasteiger partial charge on any atom is -0.493 e. The number of hydrogen-bond acceptors (Lipinski definition) is 4. The van der Waals surface area contributed by atoms with E-state index in [1.807, 2.05) is 6.92 Å². The van der Waals surface area contributed by atoms with E-state index in [1.165, 1.54) is 12.1 Å². The fourth-order valence-corrected chi connectivity index (χ4v) is 1.94. The van der Waals surface area contributed by atoms with E-state index in [4.69, 9.17) is 20.5 Å². The predicted molar refractivity (Wildman–Crippen MR) is 62.2 cm³/mol. The molecule has 1 aromatic carbocycles. The third-order valence-electron chi connectivity index (χ3n) is 1.92. The Labute approximate surface area is 103 Å². The smallest absolute Gasteiger partial charge is 0.339 e. The zero-order valence-corrected chi connectivity index (χ0v) is 10.6. The molecule has 1 aromatic rings. The van der Waals surface area contributed by atoms with Gasteiger partial charge < -0.3 is 9.84 Å². The number of carbonyl (C=O) groups is 1. The van der Waals surface area contributed by atoms with E-state index >= 15 is 0 Å². The number of rotatable bonds is 5. The van der Waals surface area contributed by atoms with Crippen molar-refractivity contribution in [2.75, 3.05) is 6.61 Å². The van der Waals surface area contributed by atoms with Gasteiger partial charge in [0, 0.05) is 10.7 Å². The summed E-state index contributed by atoms with van der Waals surface area (Å²) in [5, 5.41) is 8.94. The van der Waals surface area contributed by atoms with E-state index in [2.05, 4.69) is 0 Å². The van der Waals surface area contributed by atoms with Crippen LogP contribution in [0, 0.1) is 0 Å². The van der Waals surface area contributed by atoms with Gasteiger partial charge in [-0.05, 0) is 24.6 Å². The van der Waals surface area contributed by atoms with Crippen LogP contribution in [0.25, 0.3) is 0 Å².